The Morgan fingerprint density at radius 2 is 2.04 bits per heavy atom. The van der Waals surface area contributed by atoms with Gasteiger partial charge in [-0.05, 0) is 31.0 Å². The van der Waals surface area contributed by atoms with Crippen molar-refractivity contribution in [1.82, 2.24) is 15.3 Å². The maximum absolute atomic E-state index is 12.8. The summed E-state index contributed by atoms with van der Waals surface area (Å²) in [7, 11) is 3.02. The summed E-state index contributed by atoms with van der Waals surface area (Å²) >= 11 is 1.69. The lowest BCUT2D eigenvalue weighted by Crippen LogP contribution is -2.47. The Morgan fingerprint density at radius 1 is 1.18 bits per heavy atom. The maximum atomic E-state index is 12.8. The summed E-state index contributed by atoms with van der Waals surface area (Å²) in [6.07, 6.45) is 1.93. The number of anilines is 1. The molecule has 1 aromatic carbocycles. The van der Waals surface area contributed by atoms with Gasteiger partial charge in [-0.15, -0.1) is 0 Å². The summed E-state index contributed by atoms with van der Waals surface area (Å²) in [6, 6.07) is 11.5. The van der Waals surface area contributed by atoms with E-state index in [0.717, 1.165) is 36.6 Å². The van der Waals surface area contributed by atoms with Gasteiger partial charge in [-0.2, -0.15) is 4.98 Å². The third-order valence-electron chi connectivity index (χ3n) is 4.79. The second-order valence-corrected chi connectivity index (χ2v) is 7.64. The molecule has 0 aliphatic carbocycles. The molecule has 0 bridgehead atoms. The van der Waals surface area contributed by atoms with Crippen molar-refractivity contribution in [3.8, 4) is 11.8 Å². The second-order valence-electron chi connectivity index (χ2n) is 6.63. The number of hydrogen-bond donors (Lipinski definition) is 1. The maximum Gasteiger partial charge on any atom is 0.257 e. The van der Waals surface area contributed by atoms with Crippen molar-refractivity contribution in [3.05, 3.63) is 42.0 Å². The smallest absolute Gasteiger partial charge is 0.257 e. The first-order valence-corrected chi connectivity index (χ1v) is 10.00. The molecule has 1 saturated heterocycles. The van der Waals surface area contributed by atoms with Gasteiger partial charge in [0.15, 0.2) is 5.13 Å². The standard InChI is InChI=1S/C20H22N4O3S/c1-26-17-10-9-14(19(23-17)27-2)18(25)21-13-6-5-11-24(12-13)20-22-15-7-3-4-8-16(15)28-20/h3-4,7-10,13H,5-6,11-12H2,1-2H3,(H,21,25). The zero-order chi connectivity index (χ0) is 19.5. The van der Waals surface area contributed by atoms with Gasteiger partial charge < -0.3 is 19.7 Å². The molecule has 1 aliphatic rings. The van der Waals surface area contributed by atoms with Crippen LogP contribution in [0.3, 0.4) is 0 Å². The van der Waals surface area contributed by atoms with Gasteiger partial charge in [0.2, 0.25) is 11.8 Å². The molecule has 1 N–H and O–H groups in total. The molecule has 4 rings (SSSR count). The molecule has 3 heterocycles. The SMILES string of the molecule is COc1ccc(C(=O)NC2CCCN(c3nc4ccccc4s3)C2)c(OC)n1. The number of nitrogens with one attached hydrogen (secondary N) is 1. The highest BCUT2D eigenvalue weighted by molar-refractivity contribution is 7.22. The predicted octanol–water partition coefficient (Wildman–Crippen LogP) is 3.11. The van der Waals surface area contributed by atoms with E-state index in [4.69, 9.17) is 14.5 Å². The van der Waals surface area contributed by atoms with Crippen LogP contribution < -0.4 is 19.7 Å². The summed E-state index contributed by atoms with van der Waals surface area (Å²) in [6.45, 7) is 1.68. The number of hydrogen-bond acceptors (Lipinski definition) is 7. The highest BCUT2D eigenvalue weighted by Crippen LogP contribution is 2.30. The van der Waals surface area contributed by atoms with E-state index in [1.54, 1.807) is 23.5 Å². The van der Waals surface area contributed by atoms with Crippen LogP contribution in [0.5, 0.6) is 11.8 Å². The number of benzene rings is 1. The van der Waals surface area contributed by atoms with E-state index in [9.17, 15) is 4.79 Å². The number of piperidine rings is 1. The predicted molar refractivity (Wildman–Crippen MR) is 110 cm³/mol. The lowest BCUT2D eigenvalue weighted by atomic mass is 10.1. The van der Waals surface area contributed by atoms with Crippen LogP contribution in [0.25, 0.3) is 10.2 Å². The Kier molecular flexibility index (Phi) is 5.29. The minimum atomic E-state index is -0.192. The zero-order valence-corrected chi connectivity index (χ0v) is 16.7. The van der Waals surface area contributed by atoms with Crippen LogP contribution in [0.1, 0.15) is 23.2 Å². The number of nitrogens with zero attached hydrogens (tertiary/aromatic N) is 3. The van der Waals surface area contributed by atoms with Crippen LogP contribution in [-0.4, -0.2) is 49.2 Å². The topological polar surface area (TPSA) is 76.6 Å². The Labute approximate surface area is 167 Å². The Balaban J connectivity index is 1.47. The number of pyridine rings is 1. The number of aromatic nitrogens is 2. The lowest BCUT2D eigenvalue weighted by molar-refractivity contribution is 0.0929. The first-order valence-electron chi connectivity index (χ1n) is 9.18. The van der Waals surface area contributed by atoms with Gasteiger partial charge in [0.25, 0.3) is 5.91 Å². The van der Waals surface area contributed by atoms with E-state index in [1.165, 1.54) is 18.9 Å². The molecule has 3 aromatic rings. The quantitative estimate of drug-likeness (QED) is 0.712. The number of ether oxygens (including phenoxy) is 2. The largest absolute Gasteiger partial charge is 0.481 e. The molecule has 2 aromatic heterocycles. The number of para-hydroxylation sites is 1. The summed E-state index contributed by atoms with van der Waals surface area (Å²) < 4.78 is 11.5. The fourth-order valence-corrected chi connectivity index (χ4v) is 4.39. The average molecular weight is 398 g/mol. The number of fused-ring (bicyclic) bond motifs is 1. The molecule has 1 amide bonds. The number of amides is 1. The van der Waals surface area contributed by atoms with Crippen LogP contribution in [0.2, 0.25) is 0 Å². The van der Waals surface area contributed by atoms with E-state index in [1.807, 2.05) is 18.2 Å². The van der Waals surface area contributed by atoms with Crippen molar-refractivity contribution in [2.24, 2.45) is 0 Å². The first kappa shape index (κ1) is 18.5. The molecular weight excluding hydrogens is 376 g/mol. The first-order chi connectivity index (χ1) is 13.7. The van der Waals surface area contributed by atoms with Gasteiger partial charge in [0, 0.05) is 25.2 Å². The second kappa shape index (κ2) is 8.02. The molecule has 0 saturated carbocycles. The molecule has 1 fully saturated rings. The monoisotopic (exact) mass is 398 g/mol. The zero-order valence-electron chi connectivity index (χ0n) is 15.8. The van der Waals surface area contributed by atoms with E-state index in [-0.39, 0.29) is 17.8 Å². The minimum Gasteiger partial charge on any atom is -0.481 e. The van der Waals surface area contributed by atoms with Gasteiger partial charge in [-0.1, -0.05) is 23.5 Å². The average Bonchev–Trinajstić information content (AvgIpc) is 3.17. The van der Waals surface area contributed by atoms with Crippen molar-refractivity contribution in [3.63, 3.8) is 0 Å². The number of carbonyl (C=O) groups is 1. The van der Waals surface area contributed by atoms with Crippen LogP contribution in [0.15, 0.2) is 36.4 Å². The minimum absolute atomic E-state index is 0.0417. The highest BCUT2D eigenvalue weighted by Gasteiger charge is 2.25. The molecule has 1 atom stereocenters. The van der Waals surface area contributed by atoms with Gasteiger partial charge in [0.05, 0.1) is 24.4 Å². The Hall–Kier alpha value is -2.87. The fourth-order valence-electron chi connectivity index (χ4n) is 3.39. The van der Waals surface area contributed by atoms with Crippen LogP contribution >= 0.6 is 11.3 Å². The number of carbonyl (C=O) groups excluding carboxylic acids is 1. The van der Waals surface area contributed by atoms with Crippen molar-refractivity contribution >= 4 is 32.6 Å². The van der Waals surface area contributed by atoms with E-state index in [0.29, 0.717) is 11.4 Å². The van der Waals surface area contributed by atoms with Gasteiger partial charge in [-0.3, -0.25) is 4.79 Å². The summed E-state index contributed by atoms with van der Waals surface area (Å²) in [5.74, 6) is 0.479. The molecule has 1 aliphatic heterocycles. The van der Waals surface area contributed by atoms with E-state index in [2.05, 4.69) is 21.3 Å². The van der Waals surface area contributed by atoms with Crippen molar-refractivity contribution < 1.29 is 14.3 Å². The Bertz CT molecular complexity index is 957. The van der Waals surface area contributed by atoms with Gasteiger partial charge >= 0.3 is 0 Å². The van der Waals surface area contributed by atoms with Crippen LogP contribution in [0.4, 0.5) is 5.13 Å². The molecule has 0 spiro atoms. The van der Waals surface area contributed by atoms with Crippen LogP contribution in [0, 0.1) is 0 Å². The molecule has 0 radical (unpaired) electrons. The molecule has 146 valence electrons. The third kappa shape index (κ3) is 3.73. The van der Waals surface area contributed by atoms with Crippen molar-refractivity contribution in [2.75, 3.05) is 32.2 Å². The summed E-state index contributed by atoms with van der Waals surface area (Å²) in [5, 5.41) is 4.12. The number of methoxy groups -OCH3 is 2. The molecular formula is C20H22N4O3S. The highest BCUT2D eigenvalue weighted by atomic mass is 32.1. The fraction of sp³-hybridized carbons (Fsp3) is 0.350. The summed E-state index contributed by atoms with van der Waals surface area (Å²) in [5.41, 5.74) is 1.42. The van der Waals surface area contributed by atoms with E-state index >= 15 is 0 Å². The summed E-state index contributed by atoms with van der Waals surface area (Å²) in [4.78, 5) is 24.0. The van der Waals surface area contributed by atoms with Gasteiger partial charge in [-0.25, -0.2) is 4.98 Å². The third-order valence-corrected chi connectivity index (χ3v) is 5.89. The molecule has 1 unspecified atom stereocenters. The van der Waals surface area contributed by atoms with E-state index < -0.39 is 0 Å². The van der Waals surface area contributed by atoms with Crippen LogP contribution in [-0.2, 0) is 0 Å². The van der Waals surface area contributed by atoms with Gasteiger partial charge in [0.1, 0.15) is 5.56 Å². The Morgan fingerprint density at radius 3 is 2.82 bits per heavy atom. The molecule has 28 heavy (non-hydrogen) atoms. The normalized spacial score (nSPS) is 16.8. The molecule has 8 heteroatoms. The number of thiazole rings is 1. The lowest BCUT2D eigenvalue weighted by Gasteiger charge is -2.33. The number of rotatable bonds is 5. The van der Waals surface area contributed by atoms with Crippen molar-refractivity contribution in [1.29, 1.82) is 0 Å². The van der Waals surface area contributed by atoms with Crippen molar-refractivity contribution in [2.45, 2.75) is 18.9 Å². The molecule has 7 nitrogen and oxygen atoms in total.